The monoisotopic (exact) mass is 394 g/mol. The Balaban J connectivity index is 1.42. The maximum Gasteiger partial charge on any atom is 0.227 e. The summed E-state index contributed by atoms with van der Waals surface area (Å²) in [5.41, 5.74) is 1.93. The number of anilines is 1. The Bertz CT molecular complexity index is 799. The van der Waals surface area contributed by atoms with Crippen molar-refractivity contribution in [2.24, 2.45) is 11.8 Å². The van der Waals surface area contributed by atoms with Crippen LogP contribution in [0.3, 0.4) is 0 Å². The first kappa shape index (κ1) is 20.9. The second kappa shape index (κ2) is 10.6. The standard InChI is InChI=1S/C24H30N2O3/c1-2-29-22-11-7-6-10-21(22)26-24(28)20-14-12-19(13-15-20)23(27)25-17-16-18-8-4-3-5-9-18/h3-11,19-20H,2,12-17H2,1H3,(H,25,27)(H,26,28). The molecule has 0 unspecified atom stereocenters. The van der Waals surface area contributed by atoms with Crippen LogP contribution in [0.1, 0.15) is 38.2 Å². The molecule has 2 N–H and O–H groups in total. The molecule has 0 saturated heterocycles. The van der Waals surface area contributed by atoms with Crippen molar-refractivity contribution in [1.82, 2.24) is 5.32 Å². The number of nitrogens with one attached hydrogen (secondary N) is 2. The molecular weight excluding hydrogens is 364 g/mol. The van der Waals surface area contributed by atoms with Crippen molar-refractivity contribution in [2.45, 2.75) is 39.0 Å². The number of carbonyl (C=O) groups is 2. The molecule has 154 valence electrons. The molecule has 29 heavy (non-hydrogen) atoms. The minimum atomic E-state index is -0.0574. The number of hydrogen-bond donors (Lipinski definition) is 2. The van der Waals surface area contributed by atoms with Gasteiger partial charge < -0.3 is 15.4 Å². The molecule has 0 bridgehead atoms. The van der Waals surface area contributed by atoms with Gasteiger partial charge in [0.05, 0.1) is 12.3 Å². The SMILES string of the molecule is CCOc1ccccc1NC(=O)C1CCC(C(=O)NCCc2ccccc2)CC1. The first-order valence-electron chi connectivity index (χ1n) is 10.5. The molecule has 1 saturated carbocycles. The topological polar surface area (TPSA) is 67.4 Å². The van der Waals surface area contributed by atoms with Crippen molar-refractivity contribution in [3.63, 3.8) is 0 Å². The van der Waals surface area contributed by atoms with Crippen LogP contribution in [0, 0.1) is 11.8 Å². The number of ether oxygens (including phenoxy) is 1. The van der Waals surface area contributed by atoms with Crippen LogP contribution in [-0.4, -0.2) is 25.0 Å². The van der Waals surface area contributed by atoms with E-state index in [1.807, 2.05) is 49.4 Å². The van der Waals surface area contributed by atoms with Crippen molar-refractivity contribution in [3.05, 3.63) is 60.2 Å². The highest BCUT2D eigenvalue weighted by molar-refractivity contribution is 5.94. The van der Waals surface area contributed by atoms with E-state index in [0.717, 1.165) is 32.1 Å². The summed E-state index contributed by atoms with van der Waals surface area (Å²) in [5.74, 6) is 0.764. The van der Waals surface area contributed by atoms with Crippen LogP contribution < -0.4 is 15.4 Å². The first-order valence-corrected chi connectivity index (χ1v) is 10.5. The van der Waals surface area contributed by atoms with E-state index in [9.17, 15) is 9.59 Å². The third-order valence-electron chi connectivity index (χ3n) is 5.47. The molecule has 1 fully saturated rings. The maximum absolute atomic E-state index is 12.7. The average Bonchev–Trinajstić information content (AvgIpc) is 2.76. The van der Waals surface area contributed by atoms with Gasteiger partial charge in [-0.05, 0) is 56.7 Å². The lowest BCUT2D eigenvalue weighted by Gasteiger charge is -2.27. The normalized spacial score (nSPS) is 18.7. The van der Waals surface area contributed by atoms with Crippen LogP contribution in [0.4, 0.5) is 5.69 Å². The van der Waals surface area contributed by atoms with E-state index in [1.54, 1.807) is 0 Å². The summed E-state index contributed by atoms with van der Waals surface area (Å²) < 4.78 is 5.58. The van der Waals surface area contributed by atoms with E-state index in [2.05, 4.69) is 22.8 Å². The van der Waals surface area contributed by atoms with Gasteiger partial charge in [0.1, 0.15) is 5.75 Å². The molecule has 0 spiro atoms. The Kier molecular flexibility index (Phi) is 7.68. The quantitative estimate of drug-likeness (QED) is 0.705. The predicted molar refractivity (Wildman–Crippen MR) is 115 cm³/mol. The summed E-state index contributed by atoms with van der Waals surface area (Å²) in [6.45, 7) is 3.12. The van der Waals surface area contributed by atoms with E-state index < -0.39 is 0 Å². The van der Waals surface area contributed by atoms with E-state index in [1.165, 1.54) is 5.56 Å². The summed E-state index contributed by atoms with van der Waals surface area (Å²) in [6, 6.07) is 17.6. The van der Waals surface area contributed by atoms with Crippen molar-refractivity contribution in [1.29, 1.82) is 0 Å². The van der Waals surface area contributed by atoms with Crippen molar-refractivity contribution >= 4 is 17.5 Å². The van der Waals surface area contributed by atoms with E-state index >= 15 is 0 Å². The number of carbonyl (C=O) groups excluding carboxylic acids is 2. The van der Waals surface area contributed by atoms with Crippen LogP contribution in [0.5, 0.6) is 5.75 Å². The van der Waals surface area contributed by atoms with E-state index in [4.69, 9.17) is 4.74 Å². The molecule has 1 aliphatic rings. The Morgan fingerprint density at radius 2 is 1.52 bits per heavy atom. The fourth-order valence-corrected chi connectivity index (χ4v) is 3.82. The van der Waals surface area contributed by atoms with Gasteiger partial charge in [0.2, 0.25) is 11.8 Å². The summed E-state index contributed by atoms with van der Waals surface area (Å²) in [5, 5.41) is 6.05. The molecule has 0 heterocycles. The molecule has 0 aliphatic heterocycles. The lowest BCUT2D eigenvalue weighted by Crippen LogP contribution is -2.36. The number of rotatable bonds is 8. The van der Waals surface area contributed by atoms with E-state index in [0.29, 0.717) is 24.6 Å². The molecule has 2 aromatic rings. The van der Waals surface area contributed by atoms with Gasteiger partial charge in [0, 0.05) is 18.4 Å². The Labute approximate surface area is 172 Å². The second-order valence-electron chi connectivity index (χ2n) is 7.49. The molecule has 0 aromatic heterocycles. The highest BCUT2D eigenvalue weighted by Crippen LogP contribution is 2.31. The molecule has 5 nitrogen and oxygen atoms in total. The lowest BCUT2D eigenvalue weighted by atomic mass is 9.81. The lowest BCUT2D eigenvalue weighted by molar-refractivity contribution is -0.128. The number of para-hydroxylation sites is 2. The smallest absolute Gasteiger partial charge is 0.227 e. The Hall–Kier alpha value is -2.82. The number of hydrogen-bond acceptors (Lipinski definition) is 3. The third kappa shape index (κ3) is 6.08. The van der Waals surface area contributed by atoms with Crippen molar-refractivity contribution in [3.8, 4) is 5.75 Å². The second-order valence-corrected chi connectivity index (χ2v) is 7.49. The van der Waals surface area contributed by atoms with Crippen LogP contribution in [-0.2, 0) is 16.0 Å². The molecular formula is C24H30N2O3. The summed E-state index contributed by atoms with van der Waals surface area (Å²) in [6.07, 6.45) is 3.81. The van der Waals surface area contributed by atoms with Gasteiger partial charge in [-0.25, -0.2) is 0 Å². The van der Waals surface area contributed by atoms with Crippen LogP contribution in [0.25, 0.3) is 0 Å². The number of amides is 2. The minimum Gasteiger partial charge on any atom is -0.492 e. The zero-order valence-electron chi connectivity index (χ0n) is 17.0. The van der Waals surface area contributed by atoms with Gasteiger partial charge >= 0.3 is 0 Å². The van der Waals surface area contributed by atoms with Crippen molar-refractivity contribution < 1.29 is 14.3 Å². The average molecular weight is 395 g/mol. The molecule has 1 aliphatic carbocycles. The molecule has 2 aromatic carbocycles. The largest absolute Gasteiger partial charge is 0.492 e. The Morgan fingerprint density at radius 1 is 0.897 bits per heavy atom. The van der Waals surface area contributed by atoms with Gasteiger partial charge in [0.15, 0.2) is 0 Å². The van der Waals surface area contributed by atoms with Gasteiger partial charge in [-0.3, -0.25) is 9.59 Å². The zero-order chi connectivity index (χ0) is 20.5. The van der Waals surface area contributed by atoms with Gasteiger partial charge in [-0.15, -0.1) is 0 Å². The summed E-state index contributed by atoms with van der Waals surface area (Å²) in [4.78, 5) is 25.1. The fourth-order valence-electron chi connectivity index (χ4n) is 3.82. The summed E-state index contributed by atoms with van der Waals surface area (Å²) >= 11 is 0. The highest BCUT2D eigenvalue weighted by Gasteiger charge is 2.30. The highest BCUT2D eigenvalue weighted by atomic mass is 16.5. The summed E-state index contributed by atoms with van der Waals surface area (Å²) in [7, 11) is 0. The van der Waals surface area contributed by atoms with Gasteiger partial charge in [-0.2, -0.15) is 0 Å². The first-order chi connectivity index (χ1) is 14.2. The fraction of sp³-hybridized carbons (Fsp3) is 0.417. The van der Waals surface area contributed by atoms with Crippen LogP contribution >= 0.6 is 0 Å². The minimum absolute atomic E-state index is 0.00512. The maximum atomic E-state index is 12.7. The van der Waals surface area contributed by atoms with E-state index in [-0.39, 0.29) is 23.7 Å². The van der Waals surface area contributed by atoms with Crippen LogP contribution in [0.15, 0.2) is 54.6 Å². The molecule has 0 atom stereocenters. The van der Waals surface area contributed by atoms with Gasteiger partial charge in [0.25, 0.3) is 0 Å². The molecule has 0 radical (unpaired) electrons. The Morgan fingerprint density at radius 3 is 2.21 bits per heavy atom. The van der Waals surface area contributed by atoms with Gasteiger partial charge in [-0.1, -0.05) is 42.5 Å². The third-order valence-corrected chi connectivity index (χ3v) is 5.47. The number of benzene rings is 2. The predicted octanol–water partition coefficient (Wildman–Crippen LogP) is 4.19. The molecule has 3 rings (SSSR count). The molecule has 2 amide bonds. The zero-order valence-corrected chi connectivity index (χ0v) is 17.0. The van der Waals surface area contributed by atoms with Crippen LogP contribution in [0.2, 0.25) is 0 Å². The van der Waals surface area contributed by atoms with Crippen molar-refractivity contribution in [2.75, 3.05) is 18.5 Å². The molecule has 5 heteroatoms.